The number of piperazine rings is 1. The van der Waals surface area contributed by atoms with E-state index in [9.17, 15) is 9.90 Å². The van der Waals surface area contributed by atoms with Crippen molar-refractivity contribution in [1.29, 1.82) is 0 Å². The third-order valence-electron chi connectivity index (χ3n) is 4.68. The molecule has 1 saturated heterocycles. The quantitative estimate of drug-likeness (QED) is 0.849. The topological polar surface area (TPSA) is 53.0 Å². The largest absolute Gasteiger partial charge is 0.494 e. The lowest BCUT2D eigenvalue weighted by molar-refractivity contribution is 0.0488. The molecule has 24 heavy (non-hydrogen) atoms. The van der Waals surface area contributed by atoms with Gasteiger partial charge in [0.05, 0.1) is 12.7 Å². The maximum atomic E-state index is 12.5. The summed E-state index contributed by atoms with van der Waals surface area (Å²) in [5.41, 5.74) is 0.708. The van der Waals surface area contributed by atoms with Gasteiger partial charge in [0.15, 0.2) is 0 Å². The van der Waals surface area contributed by atoms with Gasteiger partial charge in [-0.15, -0.1) is 12.4 Å². The second-order valence-electron chi connectivity index (χ2n) is 6.45. The van der Waals surface area contributed by atoms with Crippen LogP contribution in [0.3, 0.4) is 0 Å². The average Bonchev–Trinajstić information content (AvgIpc) is 3.41. The molecule has 1 aromatic carbocycles. The van der Waals surface area contributed by atoms with Crippen LogP contribution in [0.5, 0.6) is 5.75 Å². The maximum absolute atomic E-state index is 12.5. The molecule has 0 bridgehead atoms. The van der Waals surface area contributed by atoms with Crippen molar-refractivity contribution < 1.29 is 14.6 Å². The molecule has 134 valence electrons. The Bertz CT molecular complexity index is 526. The van der Waals surface area contributed by atoms with Crippen molar-refractivity contribution in [1.82, 2.24) is 9.80 Å². The summed E-state index contributed by atoms with van der Waals surface area (Å²) >= 11 is 0. The van der Waals surface area contributed by atoms with E-state index in [0.29, 0.717) is 18.1 Å². The molecule has 1 saturated carbocycles. The zero-order chi connectivity index (χ0) is 16.2. The summed E-state index contributed by atoms with van der Waals surface area (Å²) in [6, 6.07) is 7.35. The van der Waals surface area contributed by atoms with E-state index in [4.69, 9.17) is 4.74 Å². The minimum Gasteiger partial charge on any atom is -0.494 e. The van der Waals surface area contributed by atoms with E-state index in [1.807, 2.05) is 36.1 Å². The number of nitrogens with zero attached hydrogens (tertiary/aromatic N) is 2. The summed E-state index contributed by atoms with van der Waals surface area (Å²) in [6.45, 7) is 6.45. The van der Waals surface area contributed by atoms with Gasteiger partial charge in [-0.25, -0.2) is 0 Å². The molecular formula is C18H27ClN2O3. The van der Waals surface area contributed by atoms with Crippen molar-refractivity contribution in [3.05, 3.63) is 29.8 Å². The van der Waals surface area contributed by atoms with Crippen LogP contribution in [0.2, 0.25) is 0 Å². The van der Waals surface area contributed by atoms with Crippen molar-refractivity contribution >= 4 is 18.3 Å². The van der Waals surface area contributed by atoms with Crippen LogP contribution in [0.25, 0.3) is 0 Å². The highest BCUT2D eigenvalue weighted by Crippen LogP contribution is 2.32. The Morgan fingerprint density at radius 1 is 1.21 bits per heavy atom. The number of hydrogen-bond acceptors (Lipinski definition) is 4. The van der Waals surface area contributed by atoms with Crippen molar-refractivity contribution in [3.63, 3.8) is 0 Å². The first-order chi connectivity index (χ1) is 11.2. The lowest BCUT2D eigenvalue weighted by Gasteiger charge is -2.35. The first-order valence-electron chi connectivity index (χ1n) is 8.60. The SMILES string of the molecule is CCOc1ccc(C(=O)N2CCN(CC(O)C3CC3)CC2)cc1.Cl. The normalized spacial score (nSPS) is 19.5. The van der Waals surface area contributed by atoms with Gasteiger partial charge in [-0.3, -0.25) is 9.69 Å². The second-order valence-corrected chi connectivity index (χ2v) is 6.45. The lowest BCUT2D eigenvalue weighted by atomic mass is 10.1. The monoisotopic (exact) mass is 354 g/mol. The molecule has 0 radical (unpaired) electrons. The Labute approximate surface area is 150 Å². The number of halogens is 1. The minimum atomic E-state index is -0.191. The maximum Gasteiger partial charge on any atom is 0.253 e. The first-order valence-corrected chi connectivity index (χ1v) is 8.60. The molecule has 0 spiro atoms. The lowest BCUT2D eigenvalue weighted by Crippen LogP contribution is -2.50. The van der Waals surface area contributed by atoms with Crippen LogP contribution in [-0.4, -0.2) is 66.2 Å². The van der Waals surface area contributed by atoms with Crippen LogP contribution in [0, 0.1) is 5.92 Å². The number of amides is 1. The number of rotatable bonds is 6. The van der Waals surface area contributed by atoms with E-state index in [1.165, 1.54) is 0 Å². The smallest absolute Gasteiger partial charge is 0.253 e. The summed E-state index contributed by atoms with van der Waals surface area (Å²) in [7, 11) is 0. The molecule has 1 aliphatic carbocycles. The van der Waals surface area contributed by atoms with Gasteiger partial charge in [0.2, 0.25) is 0 Å². The zero-order valence-corrected chi connectivity index (χ0v) is 15.0. The summed E-state index contributed by atoms with van der Waals surface area (Å²) in [4.78, 5) is 16.7. The number of hydrogen-bond donors (Lipinski definition) is 1. The Balaban J connectivity index is 0.00000208. The summed E-state index contributed by atoms with van der Waals surface area (Å²) in [5.74, 6) is 1.39. The van der Waals surface area contributed by atoms with Crippen molar-refractivity contribution in [2.45, 2.75) is 25.9 Å². The Morgan fingerprint density at radius 2 is 1.83 bits per heavy atom. The van der Waals surface area contributed by atoms with E-state index in [-0.39, 0.29) is 24.4 Å². The van der Waals surface area contributed by atoms with Gasteiger partial charge >= 0.3 is 0 Å². The molecular weight excluding hydrogens is 328 g/mol. The molecule has 1 unspecified atom stereocenters. The van der Waals surface area contributed by atoms with E-state index >= 15 is 0 Å². The molecule has 6 heteroatoms. The third kappa shape index (κ3) is 4.85. The fourth-order valence-electron chi connectivity index (χ4n) is 3.07. The fraction of sp³-hybridized carbons (Fsp3) is 0.611. The van der Waals surface area contributed by atoms with E-state index in [2.05, 4.69) is 4.90 Å². The highest BCUT2D eigenvalue weighted by molar-refractivity contribution is 5.94. The molecule has 1 N–H and O–H groups in total. The van der Waals surface area contributed by atoms with Crippen LogP contribution in [-0.2, 0) is 0 Å². The summed E-state index contributed by atoms with van der Waals surface area (Å²) < 4.78 is 5.41. The molecule has 1 atom stereocenters. The van der Waals surface area contributed by atoms with Crippen molar-refractivity contribution in [2.24, 2.45) is 5.92 Å². The Morgan fingerprint density at radius 3 is 2.38 bits per heavy atom. The van der Waals surface area contributed by atoms with Crippen molar-refractivity contribution in [2.75, 3.05) is 39.3 Å². The van der Waals surface area contributed by atoms with Gasteiger partial charge in [-0.05, 0) is 49.9 Å². The van der Waals surface area contributed by atoms with Gasteiger partial charge in [0, 0.05) is 38.3 Å². The van der Waals surface area contributed by atoms with Gasteiger partial charge in [-0.1, -0.05) is 0 Å². The van der Waals surface area contributed by atoms with Crippen LogP contribution in [0.15, 0.2) is 24.3 Å². The summed E-state index contributed by atoms with van der Waals surface area (Å²) in [5, 5.41) is 10.0. The van der Waals surface area contributed by atoms with E-state index in [0.717, 1.165) is 51.3 Å². The van der Waals surface area contributed by atoms with E-state index in [1.54, 1.807) is 0 Å². The molecule has 5 nitrogen and oxygen atoms in total. The fourth-order valence-corrected chi connectivity index (χ4v) is 3.07. The molecule has 2 aliphatic rings. The number of aliphatic hydroxyl groups is 1. The number of ether oxygens (including phenoxy) is 1. The average molecular weight is 355 g/mol. The molecule has 1 aromatic rings. The number of carbonyl (C=O) groups is 1. The predicted molar refractivity (Wildman–Crippen MR) is 95.9 cm³/mol. The second kappa shape index (κ2) is 8.70. The van der Waals surface area contributed by atoms with Crippen LogP contribution < -0.4 is 4.74 Å². The molecule has 3 rings (SSSR count). The molecule has 2 fully saturated rings. The molecule has 1 amide bonds. The number of benzene rings is 1. The molecule has 1 aliphatic heterocycles. The van der Waals surface area contributed by atoms with Crippen LogP contribution in [0.4, 0.5) is 0 Å². The van der Waals surface area contributed by atoms with Gasteiger partial charge in [0.25, 0.3) is 5.91 Å². The number of β-amino-alcohol motifs (C(OH)–C–C–N with tert-alkyl or cyclic N) is 1. The van der Waals surface area contributed by atoms with Gasteiger partial charge in [0.1, 0.15) is 5.75 Å². The highest BCUT2D eigenvalue weighted by Gasteiger charge is 2.32. The first kappa shape index (κ1) is 19.0. The van der Waals surface area contributed by atoms with Gasteiger partial charge in [-0.2, -0.15) is 0 Å². The number of carbonyl (C=O) groups excluding carboxylic acids is 1. The van der Waals surface area contributed by atoms with Gasteiger partial charge < -0.3 is 14.7 Å². The van der Waals surface area contributed by atoms with Crippen molar-refractivity contribution in [3.8, 4) is 5.75 Å². The van der Waals surface area contributed by atoms with Crippen LogP contribution >= 0.6 is 12.4 Å². The standard InChI is InChI=1S/C18H26N2O3.ClH/c1-2-23-16-7-5-15(6-8-16)18(22)20-11-9-19(10-12-20)13-17(21)14-3-4-14;/h5-8,14,17,21H,2-4,9-13H2,1H3;1H. The predicted octanol–water partition coefficient (Wildman–Crippen LogP) is 2.04. The van der Waals surface area contributed by atoms with Crippen LogP contribution in [0.1, 0.15) is 30.1 Å². The van der Waals surface area contributed by atoms with E-state index < -0.39 is 0 Å². The third-order valence-corrected chi connectivity index (χ3v) is 4.68. The Kier molecular flexibility index (Phi) is 6.90. The number of aliphatic hydroxyl groups excluding tert-OH is 1. The molecule has 0 aromatic heterocycles. The minimum absolute atomic E-state index is 0. The molecule has 1 heterocycles. The summed E-state index contributed by atoms with van der Waals surface area (Å²) in [6.07, 6.45) is 2.14. The Hall–Kier alpha value is -1.30. The zero-order valence-electron chi connectivity index (χ0n) is 14.2. The highest BCUT2D eigenvalue weighted by atomic mass is 35.5.